The first-order valence-electron chi connectivity index (χ1n) is 7.93. The maximum Gasteiger partial charge on any atom is 0.274 e. The zero-order valence-electron chi connectivity index (χ0n) is 14.1. The number of hydrogen-bond acceptors (Lipinski definition) is 4. The molecule has 0 bridgehead atoms. The van der Waals surface area contributed by atoms with Gasteiger partial charge in [0.25, 0.3) is 11.8 Å². The third kappa shape index (κ3) is 4.24. The second-order valence-electron chi connectivity index (χ2n) is 5.44. The van der Waals surface area contributed by atoms with Crippen molar-refractivity contribution in [2.45, 2.75) is 0 Å². The molecular weight excluding hydrogens is 330 g/mol. The van der Waals surface area contributed by atoms with E-state index in [1.165, 1.54) is 12.3 Å². The number of anilines is 2. The van der Waals surface area contributed by atoms with Crippen LogP contribution < -0.4 is 15.4 Å². The van der Waals surface area contributed by atoms with Gasteiger partial charge in [0.1, 0.15) is 11.4 Å². The number of amides is 2. The van der Waals surface area contributed by atoms with Gasteiger partial charge in [-0.25, -0.2) is 0 Å². The van der Waals surface area contributed by atoms with Crippen molar-refractivity contribution >= 4 is 23.2 Å². The van der Waals surface area contributed by atoms with E-state index in [4.69, 9.17) is 4.74 Å². The SMILES string of the molecule is COc1cccc(NC(=O)c2ccnc(C(=O)Nc3ccccc3)c2)c1. The van der Waals surface area contributed by atoms with Crippen LogP contribution in [0.25, 0.3) is 0 Å². The van der Waals surface area contributed by atoms with Gasteiger partial charge in [-0.2, -0.15) is 0 Å². The Morgan fingerprint density at radius 3 is 2.35 bits per heavy atom. The predicted octanol–water partition coefficient (Wildman–Crippen LogP) is 3.59. The molecule has 2 N–H and O–H groups in total. The summed E-state index contributed by atoms with van der Waals surface area (Å²) in [6.45, 7) is 0. The summed E-state index contributed by atoms with van der Waals surface area (Å²) >= 11 is 0. The van der Waals surface area contributed by atoms with Crippen LogP contribution in [0.2, 0.25) is 0 Å². The van der Waals surface area contributed by atoms with Crippen LogP contribution in [-0.4, -0.2) is 23.9 Å². The molecule has 0 aliphatic heterocycles. The fourth-order valence-corrected chi connectivity index (χ4v) is 2.32. The summed E-state index contributed by atoms with van der Waals surface area (Å²) in [5.74, 6) is -0.0814. The fourth-order valence-electron chi connectivity index (χ4n) is 2.32. The molecule has 6 nitrogen and oxygen atoms in total. The first-order chi connectivity index (χ1) is 12.7. The monoisotopic (exact) mass is 347 g/mol. The molecule has 3 aromatic rings. The highest BCUT2D eigenvalue weighted by Crippen LogP contribution is 2.17. The molecule has 0 aliphatic rings. The molecular formula is C20H17N3O3. The van der Waals surface area contributed by atoms with Crippen molar-refractivity contribution < 1.29 is 14.3 Å². The number of aromatic nitrogens is 1. The van der Waals surface area contributed by atoms with Crippen LogP contribution in [0.5, 0.6) is 5.75 Å². The number of pyridine rings is 1. The minimum atomic E-state index is -0.382. The van der Waals surface area contributed by atoms with E-state index in [0.29, 0.717) is 22.7 Å². The predicted molar refractivity (Wildman–Crippen MR) is 99.6 cm³/mol. The quantitative estimate of drug-likeness (QED) is 0.739. The van der Waals surface area contributed by atoms with E-state index in [0.717, 1.165) is 0 Å². The van der Waals surface area contributed by atoms with Crippen LogP contribution in [0.3, 0.4) is 0 Å². The number of methoxy groups -OCH3 is 1. The summed E-state index contributed by atoms with van der Waals surface area (Å²) in [4.78, 5) is 28.8. The normalized spacial score (nSPS) is 10.0. The van der Waals surface area contributed by atoms with Gasteiger partial charge < -0.3 is 15.4 Å². The second kappa shape index (κ2) is 7.94. The molecule has 0 atom stereocenters. The molecule has 1 heterocycles. The molecule has 0 spiro atoms. The molecule has 3 rings (SSSR count). The van der Waals surface area contributed by atoms with E-state index in [2.05, 4.69) is 15.6 Å². The third-order valence-corrected chi connectivity index (χ3v) is 3.61. The molecule has 2 aromatic carbocycles. The fraction of sp³-hybridized carbons (Fsp3) is 0.0500. The summed E-state index contributed by atoms with van der Waals surface area (Å²) < 4.78 is 5.14. The van der Waals surface area contributed by atoms with Crippen LogP contribution >= 0.6 is 0 Å². The Bertz CT molecular complexity index is 926. The molecule has 0 aliphatic carbocycles. The number of nitrogens with one attached hydrogen (secondary N) is 2. The molecule has 26 heavy (non-hydrogen) atoms. The summed E-state index contributed by atoms with van der Waals surface area (Å²) in [7, 11) is 1.56. The maximum absolute atomic E-state index is 12.4. The van der Waals surface area contributed by atoms with E-state index in [1.807, 2.05) is 18.2 Å². The molecule has 2 amide bonds. The maximum atomic E-state index is 12.4. The number of para-hydroxylation sites is 1. The van der Waals surface area contributed by atoms with Crippen molar-refractivity contribution in [1.82, 2.24) is 4.98 Å². The molecule has 6 heteroatoms. The Morgan fingerprint density at radius 1 is 0.846 bits per heavy atom. The number of benzene rings is 2. The minimum absolute atomic E-state index is 0.159. The zero-order chi connectivity index (χ0) is 18.4. The third-order valence-electron chi connectivity index (χ3n) is 3.61. The molecule has 0 saturated heterocycles. The summed E-state index contributed by atoms with van der Waals surface area (Å²) in [5, 5.41) is 5.51. The van der Waals surface area contributed by atoms with E-state index in [9.17, 15) is 9.59 Å². The smallest absolute Gasteiger partial charge is 0.274 e. The van der Waals surface area contributed by atoms with Crippen molar-refractivity contribution in [3.8, 4) is 5.75 Å². The molecule has 0 fully saturated rings. The zero-order valence-corrected chi connectivity index (χ0v) is 14.1. The standard InChI is InChI=1S/C20H17N3O3/c1-26-17-9-5-8-16(13-17)23-19(24)14-10-11-21-18(12-14)20(25)22-15-6-3-2-4-7-15/h2-13H,1H3,(H,22,25)(H,23,24). The Kier molecular flexibility index (Phi) is 5.24. The van der Waals surface area contributed by atoms with Crippen molar-refractivity contribution in [1.29, 1.82) is 0 Å². The number of carbonyl (C=O) groups is 2. The van der Waals surface area contributed by atoms with Gasteiger partial charge in [0.2, 0.25) is 0 Å². The largest absolute Gasteiger partial charge is 0.497 e. The van der Waals surface area contributed by atoms with E-state index >= 15 is 0 Å². The number of carbonyl (C=O) groups excluding carboxylic acids is 2. The number of rotatable bonds is 5. The lowest BCUT2D eigenvalue weighted by molar-refractivity contribution is 0.102. The van der Waals surface area contributed by atoms with Gasteiger partial charge >= 0.3 is 0 Å². The van der Waals surface area contributed by atoms with Crippen LogP contribution in [0.1, 0.15) is 20.8 Å². The lowest BCUT2D eigenvalue weighted by Crippen LogP contribution is -2.17. The van der Waals surface area contributed by atoms with E-state index < -0.39 is 0 Å². The number of ether oxygens (including phenoxy) is 1. The average molecular weight is 347 g/mol. The van der Waals surface area contributed by atoms with Gasteiger partial charge in [-0.3, -0.25) is 14.6 Å². The summed E-state index contributed by atoms with van der Waals surface area (Å²) in [5.41, 5.74) is 1.75. The van der Waals surface area contributed by atoms with Crippen LogP contribution in [0.15, 0.2) is 72.9 Å². The van der Waals surface area contributed by atoms with Crippen molar-refractivity contribution in [3.63, 3.8) is 0 Å². The number of hydrogen-bond donors (Lipinski definition) is 2. The Balaban J connectivity index is 1.73. The van der Waals surface area contributed by atoms with Crippen LogP contribution in [0, 0.1) is 0 Å². The first kappa shape index (κ1) is 17.2. The lowest BCUT2D eigenvalue weighted by Gasteiger charge is -2.08. The van der Waals surface area contributed by atoms with Crippen LogP contribution in [0.4, 0.5) is 11.4 Å². The van der Waals surface area contributed by atoms with Crippen molar-refractivity contribution in [2.75, 3.05) is 17.7 Å². The molecule has 0 unspecified atom stereocenters. The van der Waals surface area contributed by atoms with Gasteiger partial charge in [-0.05, 0) is 36.4 Å². The highest BCUT2D eigenvalue weighted by Gasteiger charge is 2.12. The summed E-state index contributed by atoms with van der Waals surface area (Å²) in [6, 6.07) is 19.1. The molecule has 1 aromatic heterocycles. The highest BCUT2D eigenvalue weighted by molar-refractivity contribution is 6.07. The Labute approximate surface area is 150 Å². The van der Waals surface area contributed by atoms with Gasteiger partial charge in [0.15, 0.2) is 0 Å². The van der Waals surface area contributed by atoms with Crippen LogP contribution in [-0.2, 0) is 0 Å². The average Bonchev–Trinajstić information content (AvgIpc) is 2.69. The Morgan fingerprint density at radius 2 is 1.58 bits per heavy atom. The lowest BCUT2D eigenvalue weighted by atomic mass is 10.2. The highest BCUT2D eigenvalue weighted by atomic mass is 16.5. The molecule has 0 radical (unpaired) electrons. The Hall–Kier alpha value is -3.67. The van der Waals surface area contributed by atoms with Crippen molar-refractivity contribution in [2.24, 2.45) is 0 Å². The van der Waals surface area contributed by atoms with Gasteiger partial charge in [0, 0.05) is 29.2 Å². The minimum Gasteiger partial charge on any atom is -0.497 e. The first-order valence-corrected chi connectivity index (χ1v) is 7.93. The molecule has 130 valence electrons. The second-order valence-corrected chi connectivity index (χ2v) is 5.44. The van der Waals surface area contributed by atoms with Gasteiger partial charge in [-0.15, -0.1) is 0 Å². The van der Waals surface area contributed by atoms with Crippen molar-refractivity contribution in [3.05, 3.63) is 84.2 Å². The molecule has 0 saturated carbocycles. The topological polar surface area (TPSA) is 80.3 Å². The van der Waals surface area contributed by atoms with Gasteiger partial charge in [-0.1, -0.05) is 24.3 Å². The number of nitrogens with zero attached hydrogens (tertiary/aromatic N) is 1. The van der Waals surface area contributed by atoms with E-state index in [-0.39, 0.29) is 17.5 Å². The summed E-state index contributed by atoms with van der Waals surface area (Å²) in [6.07, 6.45) is 1.43. The van der Waals surface area contributed by atoms with E-state index in [1.54, 1.807) is 49.6 Å². The van der Waals surface area contributed by atoms with Gasteiger partial charge in [0.05, 0.1) is 7.11 Å².